The number of carbonyl (C=O) groups is 1. The Morgan fingerprint density at radius 1 is 1.59 bits per heavy atom. The molecule has 1 aromatic heterocycles. The lowest BCUT2D eigenvalue weighted by molar-refractivity contribution is -0.147. The van der Waals surface area contributed by atoms with Gasteiger partial charge in [-0.3, -0.25) is 4.79 Å². The second-order valence-corrected chi connectivity index (χ2v) is 7.01. The summed E-state index contributed by atoms with van der Waals surface area (Å²) in [6, 6.07) is 1.15. The molecule has 0 unspecified atom stereocenters. The monoisotopic (exact) mass is 351 g/mol. The van der Waals surface area contributed by atoms with E-state index in [1.54, 1.807) is 6.92 Å². The van der Waals surface area contributed by atoms with Crippen molar-refractivity contribution >= 4 is 33.4 Å². The first-order chi connectivity index (χ1) is 10.1. The first-order valence-corrected chi connectivity index (χ1v) is 8.22. The van der Waals surface area contributed by atoms with Gasteiger partial charge in [0.2, 0.25) is 10.0 Å². The largest absolute Gasteiger partial charge is 0.466 e. The number of ether oxygens (including phenoxy) is 1. The molecule has 0 saturated heterocycles. The number of nitrogens with two attached hydrogens (primary N) is 1. The molecule has 8 nitrogen and oxygen atoms in total. The highest BCUT2D eigenvalue weighted by atomic mass is 35.5. The van der Waals surface area contributed by atoms with Crippen LogP contribution in [-0.2, 0) is 19.6 Å². The smallest absolute Gasteiger partial charge is 0.308 e. The van der Waals surface area contributed by atoms with E-state index in [0.717, 1.165) is 6.07 Å². The van der Waals surface area contributed by atoms with Crippen LogP contribution in [0.25, 0.3) is 0 Å². The summed E-state index contributed by atoms with van der Waals surface area (Å²) < 4.78 is 31.2. The van der Waals surface area contributed by atoms with Gasteiger partial charge >= 0.3 is 5.97 Å². The molecule has 1 rings (SSSR count). The Bertz CT molecular complexity index is 648. The van der Waals surface area contributed by atoms with Crippen LogP contribution in [0.5, 0.6) is 0 Å². The van der Waals surface area contributed by atoms with E-state index in [2.05, 4.69) is 9.71 Å². The van der Waals surface area contributed by atoms with Crippen molar-refractivity contribution < 1.29 is 23.1 Å². The molecule has 22 heavy (non-hydrogen) atoms. The van der Waals surface area contributed by atoms with Gasteiger partial charge in [-0.05, 0) is 19.9 Å². The van der Waals surface area contributed by atoms with Gasteiger partial charge in [0, 0.05) is 12.7 Å². The third kappa shape index (κ3) is 5.41. The van der Waals surface area contributed by atoms with E-state index in [1.165, 1.54) is 13.1 Å². The number of nitrogen functional groups attached to an aromatic ring is 1. The number of hydrogen-bond donors (Lipinski definition) is 3. The quantitative estimate of drug-likeness (QED) is 0.602. The van der Waals surface area contributed by atoms with Crippen LogP contribution < -0.4 is 10.5 Å². The number of carbonyl (C=O) groups excluding carboxylic acids is 1. The third-order valence-corrected chi connectivity index (χ3v) is 4.25. The zero-order valence-corrected chi connectivity index (χ0v) is 13.7. The zero-order valence-electron chi connectivity index (χ0n) is 12.2. The molecule has 124 valence electrons. The van der Waals surface area contributed by atoms with Crippen molar-refractivity contribution in [3.8, 4) is 0 Å². The van der Waals surface area contributed by atoms with Crippen molar-refractivity contribution in [1.29, 1.82) is 0 Å². The predicted molar refractivity (Wildman–Crippen MR) is 80.7 cm³/mol. The molecule has 0 fully saturated rings. The summed E-state index contributed by atoms with van der Waals surface area (Å²) in [7, 11) is -4.03. The Hall–Kier alpha value is -1.42. The summed E-state index contributed by atoms with van der Waals surface area (Å²) in [5, 5.41) is 10.1. The van der Waals surface area contributed by atoms with Crippen LogP contribution in [0.4, 0.5) is 5.82 Å². The average molecular weight is 352 g/mol. The van der Waals surface area contributed by atoms with Crippen molar-refractivity contribution in [3.05, 3.63) is 17.3 Å². The number of aliphatic hydroxyl groups is 1. The summed E-state index contributed by atoms with van der Waals surface area (Å²) in [6.45, 7) is 2.71. The molecule has 1 aromatic rings. The summed E-state index contributed by atoms with van der Waals surface area (Å²) in [4.78, 5) is 14.7. The fraction of sp³-hybridized carbons (Fsp3) is 0.500. The van der Waals surface area contributed by atoms with Crippen LogP contribution >= 0.6 is 11.6 Å². The number of aromatic nitrogens is 1. The summed E-state index contributed by atoms with van der Waals surface area (Å²) >= 11 is 5.70. The molecule has 0 aromatic carbocycles. The second kappa shape index (κ2) is 7.23. The Balaban J connectivity index is 2.81. The lowest BCUT2D eigenvalue weighted by atomic mass is 10.0. The van der Waals surface area contributed by atoms with Gasteiger partial charge in [0.25, 0.3) is 0 Å². The van der Waals surface area contributed by atoms with E-state index in [4.69, 9.17) is 22.1 Å². The Kier molecular flexibility index (Phi) is 6.12. The Morgan fingerprint density at radius 3 is 2.82 bits per heavy atom. The molecule has 0 bridgehead atoms. The number of halogens is 1. The van der Waals surface area contributed by atoms with Crippen molar-refractivity contribution in [1.82, 2.24) is 9.71 Å². The molecule has 0 amide bonds. The molecule has 0 aliphatic heterocycles. The fourth-order valence-corrected chi connectivity index (χ4v) is 3.05. The molecular weight excluding hydrogens is 334 g/mol. The van der Waals surface area contributed by atoms with Gasteiger partial charge in [-0.1, -0.05) is 11.6 Å². The average Bonchev–Trinajstić information content (AvgIpc) is 2.39. The van der Waals surface area contributed by atoms with E-state index in [9.17, 15) is 18.3 Å². The molecule has 1 heterocycles. The number of sulfonamides is 1. The molecule has 0 radical (unpaired) electrons. The Morgan fingerprint density at radius 2 is 2.23 bits per heavy atom. The van der Waals surface area contributed by atoms with Gasteiger partial charge in [0.15, 0.2) is 0 Å². The van der Waals surface area contributed by atoms with Crippen LogP contribution in [-0.4, -0.2) is 43.2 Å². The molecule has 10 heteroatoms. The van der Waals surface area contributed by atoms with Gasteiger partial charge in [0.05, 0.1) is 23.7 Å². The maximum Gasteiger partial charge on any atom is 0.308 e. The molecule has 4 N–H and O–H groups in total. The van der Waals surface area contributed by atoms with Crippen molar-refractivity contribution in [2.45, 2.75) is 30.8 Å². The van der Waals surface area contributed by atoms with Crippen molar-refractivity contribution in [3.63, 3.8) is 0 Å². The van der Waals surface area contributed by atoms with E-state index < -0.39 is 28.1 Å². The molecule has 1 atom stereocenters. The standard InChI is InChI=1S/C12H18ClN3O5S/c1-3-21-10(17)5-12(2,18)7-16-22(19,20)9-4-8(13)6-15-11(9)14/h4,6,16,18H,3,5,7H2,1-2H3,(H2,14,15)/t12-/m1/s1. The first-order valence-electron chi connectivity index (χ1n) is 6.36. The minimum atomic E-state index is -4.03. The molecule has 0 saturated carbocycles. The molecule has 0 spiro atoms. The number of rotatable bonds is 7. The van der Waals surface area contributed by atoms with Gasteiger partial charge in [-0.15, -0.1) is 0 Å². The van der Waals surface area contributed by atoms with Crippen LogP contribution in [0, 0.1) is 0 Å². The topological polar surface area (TPSA) is 132 Å². The van der Waals surface area contributed by atoms with Crippen LogP contribution in [0.15, 0.2) is 17.2 Å². The maximum absolute atomic E-state index is 12.1. The van der Waals surface area contributed by atoms with Gasteiger partial charge < -0.3 is 15.6 Å². The minimum absolute atomic E-state index is 0.104. The molecule has 0 aliphatic carbocycles. The third-order valence-electron chi connectivity index (χ3n) is 2.61. The van der Waals surface area contributed by atoms with Gasteiger partial charge in [0.1, 0.15) is 10.7 Å². The summed E-state index contributed by atoms with van der Waals surface area (Å²) in [6.07, 6.45) is 0.861. The lowest BCUT2D eigenvalue weighted by Gasteiger charge is -2.22. The first kappa shape index (κ1) is 18.6. The second-order valence-electron chi connectivity index (χ2n) is 4.84. The summed E-state index contributed by atoms with van der Waals surface area (Å²) in [5.74, 6) is -0.849. The number of nitrogens with zero attached hydrogens (tertiary/aromatic N) is 1. The van der Waals surface area contributed by atoms with Crippen molar-refractivity contribution in [2.24, 2.45) is 0 Å². The lowest BCUT2D eigenvalue weighted by Crippen LogP contribution is -2.42. The van der Waals surface area contributed by atoms with Crippen LogP contribution in [0.1, 0.15) is 20.3 Å². The minimum Gasteiger partial charge on any atom is -0.466 e. The normalized spacial score (nSPS) is 14.4. The van der Waals surface area contributed by atoms with E-state index >= 15 is 0 Å². The maximum atomic E-state index is 12.1. The predicted octanol–water partition coefficient (Wildman–Crippen LogP) is 0.300. The van der Waals surface area contributed by atoms with Crippen molar-refractivity contribution in [2.75, 3.05) is 18.9 Å². The Labute approximate surface area is 133 Å². The SMILES string of the molecule is CCOC(=O)C[C@@](C)(O)CNS(=O)(=O)c1cc(Cl)cnc1N. The number of pyridine rings is 1. The highest BCUT2D eigenvalue weighted by molar-refractivity contribution is 7.89. The number of hydrogen-bond acceptors (Lipinski definition) is 7. The van der Waals surface area contributed by atoms with Crippen LogP contribution in [0.3, 0.4) is 0 Å². The van der Waals surface area contributed by atoms with E-state index in [-0.39, 0.29) is 28.8 Å². The molecular formula is C12H18ClN3O5S. The summed E-state index contributed by atoms with van der Waals surface area (Å²) in [5.41, 5.74) is 3.90. The van der Waals surface area contributed by atoms with E-state index in [0.29, 0.717) is 0 Å². The van der Waals surface area contributed by atoms with Gasteiger partial charge in [-0.2, -0.15) is 0 Å². The highest BCUT2D eigenvalue weighted by Gasteiger charge is 2.28. The van der Waals surface area contributed by atoms with E-state index in [1.807, 2.05) is 0 Å². The number of esters is 1. The zero-order chi connectivity index (χ0) is 17.0. The highest BCUT2D eigenvalue weighted by Crippen LogP contribution is 2.20. The number of anilines is 1. The number of nitrogens with one attached hydrogen (secondary N) is 1. The van der Waals surface area contributed by atoms with Crippen LogP contribution in [0.2, 0.25) is 5.02 Å². The fourth-order valence-electron chi connectivity index (χ4n) is 1.56. The van der Waals surface area contributed by atoms with Gasteiger partial charge in [-0.25, -0.2) is 18.1 Å². The molecule has 0 aliphatic rings.